The van der Waals surface area contributed by atoms with Crippen LogP contribution in [0.4, 0.5) is 0 Å². The Labute approximate surface area is 282 Å². The Morgan fingerprint density at radius 2 is 1.72 bits per heavy atom. The van der Waals surface area contributed by atoms with Crippen LogP contribution in [0.15, 0.2) is 11.1 Å². The van der Waals surface area contributed by atoms with Gasteiger partial charge in [-0.25, -0.2) is 0 Å². The van der Waals surface area contributed by atoms with Gasteiger partial charge in [-0.15, -0.1) is 0 Å². The van der Waals surface area contributed by atoms with Crippen LogP contribution >= 0.6 is 0 Å². The van der Waals surface area contributed by atoms with Gasteiger partial charge in [-0.2, -0.15) is 0 Å². The summed E-state index contributed by atoms with van der Waals surface area (Å²) >= 11 is 0. The van der Waals surface area contributed by atoms with Crippen LogP contribution in [0.2, 0.25) is 0 Å². The molecule has 5 aliphatic carbocycles. The lowest BCUT2D eigenvalue weighted by Crippen LogP contribution is -2.65. The van der Waals surface area contributed by atoms with Crippen LogP contribution in [0.3, 0.4) is 0 Å². The number of nitrogens with one attached hydrogen (secondary N) is 1. The van der Waals surface area contributed by atoms with E-state index in [0.29, 0.717) is 38.0 Å². The van der Waals surface area contributed by atoms with Crippen molar-refractivity contribution < 1.29 is 30.0 Å². The zero-order valence-corrected chi connectivity index (χ0v) is 30.0. The Morgan fingerprint density at radius 3 is 2.43 bits per heavy atom. The molecular formula is C39H64N2O6. The van der Waals surface area contributed by atoms with E-state index in [-0.39, 0.29) is 41.0 Å². The quantitative estimate of drug-likeness (QED) is 0.195. The lowest BCUT2D eigenvalue weighted by molar-refractivity contribution is -0.168. The van der Waals surface area contributed by atoms with Gasteiger partial charge < -0.3 is 36.2 Å². The zero-order valence-electron chi connectivity index (χ0n) is 30.0. The van der Waals surface area contributed by atoms with Gasteiger partial charge in [0.15, 0.2) is 5.78 Å². The van der Waals surface area contributed by atoms with Crippen molar-refractivity contribution in [1.82, 2.24) is 5.32 Å². The first-order chi connectivity index (χ1) is 22.0. The fourth-order valence-electron chi connectivity index (χ4n) is 12.8. The number of Topliss-reactive ketones (excluding diaryl/α,β-unsaturated/α-hetero) is 1. The van der Waals surface area contributed by atoms with Gasteiger partial charge >= 0.3 is 0 Å². The minimum atomic E-state index is -1.20. The molecular weight excluding hydrogens is 592 g/mol. The van der Waals surface area contributed by atoms with Gasteiger partial charge in [-0.05, 0) is 143 Å². The SMILES string of the molecule is CCCC(O)(C1OC1C(C)(O)C(C)(C)CCC1CCNC(N)C1)C1CC2CCC3=C4C(CCC1(C)C42O)C1(C)CCC(O)CC1C3=O. The van der Waals surface area contributed by atoms with E-state index in [1.54, 1.807) is 0 Å². The van der Waals surface area contributed by atoms with Crippen LogP contribution in [0.1, 0.15) is 131 Å². The van der Waals surface area contributed by atoms with Crippen molar-refractivity contribution in [2.24, 2.45) is 51.6 Å². The average Bonchev–Trinajstić information content (AvgIpc) is 3.79. The number of carbonyl (C=O) groups excluding carboxylic acids is 1. The second-order valence-corrected chi connectivity index (χ2v) is 18.8. The fourth-order valence-corrected chi connectivity index (χ4v) is 12.8. The molecule has 14 unspecified atom stereocenters. The Kier molecular flexibility index (Phi) is 8.32. The molecule has 0 bridgehead atoms. The van der Waals surface area contributed by atoms with Gasteiger partial charge in [0.25, 0.3) is 0 Å². The van der Waals surface area contributed by atoms with Crippen LogP contribution in [-0.4, -0.2) is 74.0 Å². The number of aliphatic hydroxyl groups is 4. The van der Waals surface area contributed by atoms with Gasteiger partial charge in [0.2, 0.25) is 0 Å². The number of fused-ring (bicyclic) bond motifs is 2. The molecule has 0 amide bonds. The maximum Gasteiger partial charge on any atom is 0.162 e. The summed E-state index contributed by atoms with van der Waals surface area (Å²) in [7, 11) is 0. The third-order valence-electron chi connectivity index (χ3n) is 16.1. The van der Waals surface area contributed by atoms with Crippen molar-refractivity contribution in [3.05, 3.63) is 11.1 Å². The van der Waals surface area contributed by atoms with E-state index in [9.17, 15) is 25.2 Å². The van der Waals surface area contributed by atoms with E-state index >= 15 is 0 Å². The number of nitrogens with two attached hydrogens (primary N) is 1. The molecule has 7 aliphatic rings. The molecule has 5 fully saturated rings. The summed E-state index contributed by atoms with van der Waals surface area (Å²) in [6.07, 6.45) is 9.70. The van der Waals surface area contributed by atoms with Crippen LogP contribution in [0.5, 0.6) is 0 Å². The molecule has 8 nitrogen and oxygen atoms in total. The fraction of sp³-hybridized carbons (Fsp3) is 0.923. The number of aliphatic hydroxyl groups excluding tert-OH is 1. The minimum Gasteiger partial charge on any atom is -0.393 e. The molecule has 0 aromatic heterocycles. The maximum absolute atomic E-state index is 14.2. The van der Waals surface area contributed by atoms with Gasteiger partial charge in [0.1, 0.15) is 12.2 Å². The van der Waals surface area contributed by atoms with E-state index in [4.69, 9.17) is 10.5 Å². The number of ketones is 1. The Morgan fingerprint density at radius 1 is 0.979 bits per heavy atom. The Balaban J connectivity index is 1.17. The first-order valence-corrected chi connectivity index (χ1v) is 19.2. The lowest BCUT2D eigenvalue weighted by atomic mass is 9.42. The lowest BCUT2D eigenvalue weighted by Gasteiger charge is -2.63. The van der Waals surface area contributed by atoms with Crippen LogP contribution in [0.25, 0.3) is 0 Å². The number of allylic oxidation sites excluding steroid dienone is 1. The third-order valence-corrected chi connectivity index (χ3v) is 16.1. The summed E-state index contributed by atoms with van der Waals surface area (Å²) in [5.41, 5.74) is 3.26. The number of carbonyl (C=O) groups is 1. The molecule has 2 heterocycles. The summed E-state index contributed by atoms with van der Waals surface area (Å²) < 4.78 is 6.46. The first kappa shape index (κ1) is 34.6. The maximum atomic E-state index is 14.2. The Bertz CT molecular complexity index is 1300. The standard InChI is InChI=1S/C39H64N2O6/c1-7-14-38(45,33-32(47-33)37(6,44)34(2,3)15-10-22-13-18-41-29(40)19-22)28-20-23-8-9-25-30-26(12-17-36(28,5)39(23,30)46)35(4)16-11-24(42)21-27(35)31(25)43/h22-24,26-29,32-33,41-42,44-46H,7-21,40H2,1-6H3. The smallest absolute Gasteiger partial charge is 0.162 e. The van der Waals surface area contributed by atoms with Crippen molar-refractivity contribution >= 4 is 5.78 Å². The summed E-state index contributed by atoms with van der Waals surface area (Å²) in [4.78, 5) is 14.2. The summed E-state index contributed by atoms with van der Waals surface area (Å²) in [5.74, 6) is 0.427. The molecule has 8 heteroatoms. The van der Waals surface area contributed by atoms with E-state index in [2.05, 4.69) is 39.9 Å². The molecule has 2 saturated heterocycles. The van der Waals surface area contributed by atoms with Gasteiger partial charge in [-0.1, -0.05) is 41.0 Å². The highest BCUT2D eigenvalue weighted by Gasteiger charge is 2.76. The number of piperidine rings is 1. The predicted molar refractivity (Wildman–Crippen MR) is 181 cm³/mol. The van der Waals surface area contributed by atoms with Gasteiger partial charge in [0, 0.05) is 11.3 Å². The largest absolute Gasteiger partial charge is 0.393 e. The van der Waals surface area contributed by atoms with Crippen molar-refractivity contribution in [3.8, 4) is 0 Å². The monoisotopic (exact) mass is 656 g/mol. The molecule has 7 N–H and O–H groups in total. The first-order valence-electron chi connectivity index (χ1n) is 19.2. The third kappa shape index (κ3) is 4.81. The molecule has 266 valence electrons. The van der Waals surface area contributed by atoms with Crippen LogP contribution < -0.4 is 11.1 Å². The van der Waals surface area contributed by atoms with Crippen molar-refractivity contribution in [3.63, 3.8) is 0 Å². The number of rotatable bonds is 9. The molecule has 0 spiro atoms. The van der Waals surface area contributed by atoms with E-state index in [1.807, 2.05) is 6.92 Å². The summed E-state index contributed by atoms with van der Waals surface area (Å²) in [6.45, 7) is 13.6. The number of hydrogen-bond donors (Lipinski definition) is 6. The zero-order chi connectivity index (χ0) is 33.9. The highest BCUT2D eigenvalue weighted by molar-refractivity contribution is 6.00. The van der Waals surface area contributed by atoms with Gasteiger partial charge in [0.05, 0.1) is 29.1 Å². The molecule has 3 saturated carbocycles. The second kappa shape index (κ2) is 11.3. The molecule has 47 heavy (non-hydrogen) atoms. The Hall–Kier alpha value is -0.870. The van der Waals surface area contributed by atoms with E-state index in [1.165, 1.54) is 0 Å². The number of ether oxygens (including phenoxy) is 1. The number of hydrogen-bond acceptors (Lipinski definition) is 8. The topological polar surface area (TPSA) is 149 Å². The highest BCUT2D eigenvalue weighted by Crippen LogP contribution is 2.74. The molecule has 7 rings (SSSR count). The summed E-state index contributed by atoms with van der Waals surface area (Å²) in [6, 6.07) is 0. The van der Waals surface area contributed by atoms with Crippen molar-refractivity contribution in [1.29, 1.82) is 0 Å². The molecule has 2 aliphatic heterocycles. The highest BCUT2D eigenvalue weighted by atomic mass is 16.6. The van der Waals surface area contributed by atoms with Crippen molar-refractivity contribution in [2.75, 3.05) is 6.54 Å². The number of epoxide rings is 1. The molecule has 0 radical (unpaired) electrons. The average molecular weight is 657 g/mol. The normalized spacial score (nSPS) is 48.7. The van der Waals surface area contributed by atoms with Crippen LogP contribution in [0, 0.1) is 45.8 Å². The minimum absolute atomic E-state index is 0.0185. The van der Waals surface area contributed by atoms with Crippen molar-refractivity contribution in [2.45, 2.75) is 173 Å². The second-order valence-electron chi connectivity index (χ2n) is 18.8. The molecule has 14 atom stereocenters. The molecule has 0 aromatic rings. The molecule has 0 aromatic carbocycles. The van der Waals surface area contributed by atoms with Crippen LogP contribution in [-0.2, 0) is 9.53 Å². The predicted octanol–water partition coefficient (Wildman–Crippen LogP) is 4.75. The van der Waals surface area contributed by atoms with E-state index in [0.717, 1.165) is 75.5 Å². The van der Waals surface area contributed by atoms with E-state index < -0.39 is 45.9 Å². The van der Waals surface area contributed by atoms with Gasteiger partial charge in [-0.3, -0.25) is 4.79 Å². The summed E-state index contributed by atoms with van der Waals surface area (Å²) in [5, 5.41) is 52.3.